The molecule has 1 aromatic rings. The summed E-state index contributed by atoms with van der Waals surface area (Å²) in [6.45, 7) is 2.03. The predicted octanol–water partition coefficient (Wildman–Crippen LogP) is 0.698. The quantitative estimate of drug-likeness (QED) is 0.598. The molecular formula is C17H26O7. The monoisotopic (exact) mass is 342 g/mol. The normalized spacial score (nSPS) is 30.1. The fourth-order valence-electron chi connectivity index (χ4n) is 2.50. The van der Waals surface area contributed by atoms with Crippen LogP contribution in [0.5, 0.6) is 11.5 Å². The zero-order valence-corrected chi connectivity index (χ0v) is 14.0. The van der Waals surface area contributed by atoms with E-state index in [0.29, 0.717) is 18.1 Å². The van der Waals surface area contributed by atoms with Crippen molar-refractivity contribution in [1.82, 2.24) is 0 Å². The van der Waals surface area contributed by atoms with Crippen LogP contribution >= 0.6 is 0 Å². The lowest BCUT2D eigenvalue weighted by Gasteiger charge is -2.41. The van der Waals surface area contributed by atoms with Gasteiger partial charge >= 0.3 is 0 Å². The SMILES string of the molecule is CCCCOC1[C@H](O)C(CO)O[C@@H](Oc2ccc(OC)cc2)[C@H]1O. The third-order valence-corrected chi connectivity index (χ3v) is 3.94. The maximum atomic E-state index is 10.4. The molecule has 0 saturated carbocycles. The Bertz CT molecular complexity index is 478. The molecule has 3 N–H and O–H groups in total. The average Bonchev–Trinajstić information content (AvgIpc) is 2.61. The molecule has 1 aliphatic rings. The first-order valence-corrected chi connectivity index (χ1v) is 8.15. The van der Waals surface area contributed by atoms with E-state index in [2.05, 4.69) is 0 Å². The number of benzene rings is 1. The molecule has 1 fully saturated rings. The van der Waals surface area contributed by atoms with Crippen molar-refractivity contribution in [2.24, 2.45) is 0 Å². The highest BCUT2D eigenvalue weighted by Crippen LogP contribution is 2.27. The molecule has 0 amide bonds. The number of unbranched alkanes of at least 4 members (excludes halogenated alkanes) is 1. The van der Waals surface area contributed by atoms with Gasteiger partial charge in [0.1, 0.15) is 35.9 Å². The van der Waals surface area contributed by atoms with Crippen molar-refractivity contribution in [3.63, 3.8) is 0 Å². The summed E-state index contributed by atoms with van der Waals surface area (Å²) in [5.74, 6) is 1.15. The summed E-state index contributed by atoms with van der Waals surface area (Å²) in [5.41, 5.74) is 0. The van der Waals surface area contributed by atoms with Gasteiger partial charge in [0, 0.05) is 6.61 Å². The lowest BCUT2D eigenvalue weighted by molar-refractivity contribution is -0.285. The van der Waals surface area contributed by atoms with E-state index in [0.717, 1.165) is 12.8 Å². The van der Waals surface area contributed by atoms with Crippen LogP contribution in [0.3, 0.4) is 0 Å². The highest BCUT2D eigenvalue weighted by molar-refractivity contribution is 5.31. The van der Waals surface area contributed by atoms with Gasteiger partial charge in [0.15, 0.2) is 0 Å². The Morgan fingerprint density at radius 2 is 1.75 bits per heavy atom. The van der Waals surface area contributed by atoms with Gasteiger partial charge in [-0.3, -0.25) is 0 Å². The Labute approximate surface area is 141 Å². The van der Waals surface area contributed by atoms with Crippen LogP contribution in [0.4, 0.5) is 0 Å². The minimum Gasteiger partial charge on any atom is -0.497 e. The first-order chi connectivity index (χ1) is 11.6. The summed E-state index contributed by atoms with van der Waals surface area (Å²) < 4.78 is 21.8. The van der Waals surface area contributed by atoms with Crippen molar-refractivity contribution in [3.8, 4) is 11.5 Å². The van der Waals surface area contributed by atoms with Gasteiger partial charge < -0.3 is 34.3 Å². The Hall–Kier alpha value is -1.38. The molecule has 0 spiro atoms. The molecule has 7 heteroatoms. The predicted molar refractivity (Wildman–Crippen MR) is 86.0 cm³/mol. The van der Waals surface area contributed by atoms with Crippen molar-refractivity contribution < 1.29 is 34.3 Å². The van der Waals surface area contributed by atoms with Gasteiger partial charge in [0.05, 0.1) is 13.7 Å². The van der Waals surface area contributed by atoms with Crippen LogP contribution in [0.1, 0.15) is 19.8 Å². The molecule has 24 heavy (non-hydrogen) atoms. The Morgan fingerprint density at radius 1 is 1.08 bits per heavy atom. The minimum atomic E-state index is -1.18. The van der Waals surface area contributed by atoms with Crippen LogP contribution in [0.15, 0.2) is 24.3 Å². The Balaban J connectivity index is 2.06. The van der Waals surface area contributed by atoms with E-state index < -0.39 is 37.3 Å². The highest BCUT2D eigenvalue weighted by atomic mass is 16.7. The summed E-state index contributed by atoms with van der Waals surface area (Å²) in [4.78, 5) is 0. The number of rotatable bonds is 8. The standard InChI is InChI=1S/C17H26O7/c1-3-4-9-22-16-14(19)13(10-18)24-17(15(16)20)23-12-7-5-11(21-2)6-8-12/h5-8,13-20H,3-4,9-10H2,1-2H3/t13?,14-,15+,16?,17-/m1/s1. The lowest BCUT2D eigenvalue weighted by Crippen LogP contribution is -2.61. The number of hydrogen-bond donors (Lipinski definition) is 3. The van der Waals surface area contributed by atoms with E-state index in [-0.39, 0.29) is 0 Å². The fourth-order valence-corrected chi connectivity index (χ4v) is 2.50. The summed E-state index contributed by atoms with van der Waals surface area (Å²) >= 11 is 0. The van der Waals surface area contributed by atoms with E-state index >= 15 is 0 Å². The van der Waals surface area contributed by atoms with Crippen LogP contribution in [0.25, 0.3) is 0 Å². The third kappa shape index (κ3) is 4.58. The topological polar surface area (TPSA) is 97.6 Å². The van der Waals surface area contributed by atoms with Gasteiger partial charge in [-0.05, 0) is 30.7 Å². The van der Waals surface area contributed by atoms with E-state index in [4.69, 9.17) is 18.9 Å². The van der Waals surface area contributed by atoms with Crippen molar-refractivity contribution in [1.29, 1.82) is 0 Å². The van der Waals surface area contributed by atoms with Gasteiger partial charge in [-0.15, -0.1) is 0 Å². The highest BCUT2D eigenvalue weighted by Gasteiger charge is 2.46. The zero-order chi connectivity index (χ0) is 17.5. The molecule has 0 aromatic heterocycles. The minimum absolute atomic E-state index is 0.399. The molecule has 0 aliphatic carbocycles. The van der Waals surface area contributed by atoms with Crippen molar-refractivity contribution >= 4 is 0 Å². The second kappa shape index (κ2) is 9.19. The van der Waals surface area contributed by atoms with Crippen LogP contribution in [0.2, 0.25) is 0 Å². The summed E-state index contributed by atoms with van der Waals surface area (Å²) in [6.07, 6.45) is -3.38. The molecule has 2 unspecified atom stereocenters. The fraction of sp³-hybridized carbons (Fsp3) is 0.647. The first kappa shape index (κ1) is 19.0. The maximum Gasteiger partial charge on any atom is 0.229 e. The van der Waals surface area contributed by atoms with Crippen molar-refractivity contribution in [3.05, 3.63) is 24.3 Å². The van der Waals surface area contributed by atoms with E-state index in [1.54, 1.807) is 31.4 Å². The van der Waals surface area contributed by atoms with Crippen molar-refractivity contribution in [2.75, 3.05) is 20.3 Å². The molecule has 1 aliphatic heterocycles. The largest absolute Gasteiger partial charge is 0.497 e. The average molecular weight is 342 g/mol. The van der Waals surface area contributed by atoms with E-state index in [1.807, 2.05) is 6.92 Å². The molecule has 0 bridgehead atoms. The Morgan fingerprint density at radius 3 is 2.33 bits per heavy atom. The second-order valence-electron chi connectivity index (χ2n) is 5.69. The maximum absolute atomic E-state index is 10.4. The second-order valence-corrected chi connectivity index (χ2v) is 5.69. The van der Waals surface area contributed by atoms with E-state index in [1.165, 1.54) is 0 Å². The molecule has 1 saturated heterocycles. The molecule has 2 rings (SSSR count). The smallest absolute Gasteiger partial charge is 0.229 e. The van der Waals surface area contributed by atoms with Gasteiger partial charge in [0.25, 0.3) is 0 Å². The van der Waals surface area contributed by atoms with Crippen LogP contribution in [-0.2, 0) is 9.47 Å². The molecule has 1 aromatic carbocycles. The number of ether oxygens (including phenoxy) is 4. The van der Waals surface area contributed by atoms with Gasteiger partial charge in [-0.25, -0.2) is 0 Å². The van der Waals surface area contributed by atoms with Crippen molar-refractivity contribution in [2.45, 2.75) is 50.5 Å². The third-order valence-electron chi connectivity index (χ3n) is 3.94. The first-order valence-electron chi connectivity index (χ1n) is 8.15. The molecule has 136 valence electrons. The van der Waals surface area contributed by atoms with Crippen LogP contribution < -0.4 is 9.47 Å². The zero-order valence-electron chi connectivity index (χ0n) is 14.0. The van der Waals surface area contributed by atoms with Gasteiger partial charge in [-0.2, -0.15) is 0 Å². The Kier molecular flexibility index (Phi) is 7.26. The van der Waals surface area contributed by atoms with Crippen LogP contribution in [-0.4, -0.2) is 66.3 Å². The number of methoxy groups -OCH3 is 1. The van der Waals surface area contributed by atoms with Gasteiger partial charge in [-0.1, -0.05) is 13.3 Å². The molecule has 7 nitrogen and oxygen atoms in total. The molecule has 0 radical (unpaired) electrons. The van der Waals surface area contributed by atoms with Crippen LogP contribution in [0, 0.1) is 0 Å². The molecule has 1 heterocycles. The number of hydrogen-bond acceptors (Lipinski definition) is 7. The molecule has 5 atom stereocenters. The number of aliphatic hydroxyl groups excluding tert-OH is 3. The summed E-state index contributed by atoms with van der Waals surface area (Å²) in [5, 5.41) is 30.0. The van der Waals surface area contributed by atoms with E-state index in [9.17, 15) is 15.3 Å². The summed E-state index contributed by atoms with van der Waals surface area (Å²) in [6, 6.07) is 6.80. The number of aliphatic hydroxyl groups is 3. The lowest BCUT2D eigenvalue weighted by atomic mass is 9.99. The van der Waals surface area contributed by atoms with Gasteiger partial charge in [0.2, 0.25) is 6.29 Å². The summed E-state index contributed by atoms with van der Waals surface area (Å²) in [7, 11) is 1.56. The molecular weight excluding hydrogens is 316 g/mol.